The Morgan fingerprint density at radius 1 is 0.302 bits per heavy atom. The molecule has 0 heterocycles. The van der Waals surface area contributed by atoms with Crippen molar-refractivity contribution in [2.45, 2.75) is 303 Å². The Bertz CT molecular complexity index is 2300. The van der Waals surface area contributed by atoms with Gasteiger partial charge in [0.1, 0.15) is 19.3 Å². The van der Waals surface area contributed by atoms with Crippen molar-refractivity contribution in [3.8, 4) is 0 Å². The molecule has 550 valence electrons. The molecule has 0 rings (SSSR count). The fourth-order valence-corrected chi connectivity index (χ4v) is 10.9. The molecule has 19 heteroatoms. The molecule has 0 aliphatic rings. The minimum Gasteiger partial charge on any atom is -0.462 e. The minimum atomic E-state index is -4.99. The maximum absolute atomic E-state index is 13.1. The maximum Gasteiger partial charge on any atom is 0.472 e. The number of aliphatic hydroxyl groups is 1. The molecule has 0 aromatic rings. The molecule has 17 nitrogen and oxygen atoms in total. The third-order valence-electron chi connectivity index (χ3n) is 14.9. The Morgan fingerprint density at radius 3 is 0.906 bits per heavy atom. The minimum absolute atomic E-state index is 0.0633. The van der Waals surface area contributed by atoms with Crippen molar-refractivity contribution in [1.29, 1.82) is 0 Å². The molecule has 0 aromatic carbocycles. The van der Waals surface area contributed by atoms with Gasteiger partial charge >= 0.3 is 39.5 Å². The summed E-state index contributed by atoms with van der Waals surface area (Å²) in [5.74, 6) is -2.27. The lowest BCUT2D eigenvalue weighted by Crippen LogP contribution is -2.30. The summed E-state index contributed by atoms with van der Waals surface area (Å²) in [6.45, 7) is 4.46. The van der Waals surface area contributed by atoms with E-state index in [1.807, 2.05) is 0 Å². The molecule has 0 aliphatic heterocycles. The normalized spacial score (nSPS) is 14.7. The lowest BCUT2D eigenvalue weighted by molar-refractivity contribution is -0.161. The van der Waals surface area contributed by atoms with E-state index in [4.69, 9.17) is 37.0 Å². The number of hydrogen-bond donors (Lipinski definition) is 3. The van der Waals surface area contributed by atoms with E-state index in [2.05, 4.69) is 149 Å². The van der Waals surface area contributed by atoms with Crippen molar-refractivity contribution in [1.82, 2.24) is 0 Å². The number of ether oxygens (including phenoxy) is 4. The van der Waals surface area contributed by atoms with Gasteiger partial charge in [0.05, 0.1) is 26.4 Å². The van der Waals surface area contributed by atoms with Crippen molar-refractivity contribution in [3.63, 3.8) is 0 Å². The summed E-state index contributed by atoms with van der Waals surface area (Å²) in [5.41, 5.74) is 0. The number of allylic oxidation sites excluding steroid dienone is 20. The smallest absolute Gasteiger partial charge is 0.462 e. The summed E-state index contributed by atoms with van der Waals surface area (Å²) >= 11 is 0. The van der Waals surface area contributed by atoms with Crippen molar-refractivity contribution < 1.29 is 80.2 Å². The second kappa shape index (κ2) is 69.0. The second-order valence-electron chi connectivity index (χ2n) is 24.1. The quantitative estimate of drug-likeness (QED) is 0.0169. The van der Waals surface area contributed by atoms with Crippen LogP contribution in [0.3, 0.4) is 0 Å². The molecule has 96 heavy (non-hydrogen) atoms. The third-order valence-corrected chi connectivity index (χ3v) is 16.8. The van der Waals surface area contributed by atoms with Crippen molar-refractivity contribution in [3.05, 3.63) is 122 Å². The fourth-order valence-electron chi connectivity index (χ4n) is 9.32. The van der Waals surface area contributed by atoms with Crippen LogP contribution in [0, 0.1) is 0 Å². The predicted molar refractivity (Wildman–Crippen MR) is 390 cm³/mol. The van der Waals surface area contributed by atoms with E-state index in [-0.39, 0.29) is 25.7 Å². The zero-order valence-electron chi connectivity index (χ0n) is 59.8. The highest BCUT2D eigenvalue weighted by Gasteiger charge is 2.30. The molecule has 0 saturated carbocycles. The Labute approximate surface area is 581 Å². The molecule has 5 unspecified atom stereocenters. The summed E-state index contributed by atoms with van der Waals surface area (Å²) < 4.78 is 68.3. The first-order valence-corrected chi connectivity index (χ1v) is 39.8. The SMILES string of the molecule is CC/C=C\C/C=C\C/C=C\C/C=C\CCCCC(=O)OCC(COP(=O)(O)OCC(O)COP(=O)(O)OCC(COC(=O)CCCCCCC/C=C\C/C=C\CCC)OC(=O)CCCCCCC/C=C\CCCCCC)OC(=O)CCCCCCC/C=C\C/C=C\C/C=C\CC. The highest BCUT2D eigenvalue weighted by molar-refractivity contribution is 7.47. The van der Waals surface area contributed by atoms with Crippen LogP contribution >= 0.6 is 15.6 Å². The summed E-state index contributed by atoms with van der Waals surface area (Å²) in [4.78, 5) is 72.7. The van der Waals surface area contributed by atoms with E-state index in [9.17, 15) is 43.2 Å². The Balaban J connectivity index is 5.41. The number of rotatable bonds is 68. The molecule has 0 amide bonds. The molecule has 0 radical (unpaired) electrons. The van der Waals surface area contributed by atoms with Gasteiger partial charge in [-0.3, -0.25) is 37.3 Å². The van der Waals surface area contributed by atoms with Crippen LogP contribution in [0.4, 0.5) is 0 Å². The van der Waals surface area contributed by atoms with Gasteiger partial charge in [0, 0.05) is 25.7 Å². The van der Waals surface area contributed by atoms with Crippen LogP contribution < -0.4 is 0 Å². The van der Waals surface area contributed by atoms with Gasteiger partial charge in [-0.25, -0.2) is 9.13 Å². The molecule has 0 aliphatic carbocycles. The predicted octanol–water partition coefficient (Wildman–Crippen LogP) is 20.8. The number of aliphatic hydroxyl groups excluding tert-OH is 1. The largest absolute Gasteiger partial charge is 0.472 e. The van der Waals surface area contributed by atoms with E-state index >= 15 is 0 Å². The number of esters is 4. The molecular weight excluding hydrogens is 1260 g/mol. The third kappa shape index (κ3) is 68.0. The van der Waals surface area contributed by atoms with E-state index < -0.39 is 97.5 Å². The number of carbonyl (C=O) groups is 4. The number of phosphoric acid groups is 2. The molecule has 0 spiro atoms. The molecule has 0 fully saturated rings. The fraction of sp³-hybridized carbons (Fsp3) is 0.688. The Hall–Kier alpha value is -4.54. The van der Waals surface area contributed by atoms with E-state index in [0.29, 0.717) is 25.7 Å². The summed E-state index contributed by atoms with van der Waals surface area (Å²) in [6.07, 6.45) is 73.4. The molecule has 0 saturated heterocycles. The Morgan fingerprint density at radius 2 is 0.562 bits per heavy atom. The molecule has 0 aromatic heterocycles. The zero-order valence-corrected chi connectivity index (χ0v) is 61.5. The first kappa shape index (κ1) is 91.5. The van der Waals surface area contributed by atoms with Gasteiger partial charge in [0.2, 0.25) is 0 Å². The van der Waals surface area contributed by atoms with Crippen LogP contribution in [0.5, 0.6) is 0 Å². The van der Waals surface area contributed by atoms with Gasteiger partial charge in [-0.2, -0.15) is 0 Å². The average Bonchev–Trinajstić information content (AvgIpc) is 1.36. The van der Waals surface area contributed by atoms with E-state index in [0.717, 1.165) is 180 Å². The summed E-state index contributed by atoms with van der Waals surface area (Å²) in [5, 5.41) is 10.6. The van der Waals surface area contributed by atoms with Crippen molar-refractivity contribution in [2.75, 3.05) is 39.6 Å². The Kier molecular flexibility index (Phi) is 65.7. The van der Waals surface area contributed by atoms with Crippen LogP contribution in [-0.2, 0) is 65.4 Å². The van der Waals surface area contributed by atoms with Crippen LogP contribution in [0.15, 0.2) is 122 Å². The van der Waals surface area contributed by atoms with E-state index in [1.54, 1.807) is 0 Å². The van der Waals surface area contributed by atoms with Gasteiger partial charge in [0.15, 0.2) is 12.2 Å². The van der Waals surface area contributed by atoms with Crippen LogP contribution in [0.25, 0.3) is 0 Å². The summed E-state index contributed by atoms with van der Waals surface area (Å²) in [7, 11) is -9.97. The zero-order chi connectivity index (χ0) is 70.4. The van der Waals surface area contributed by atoms with Crippen LogP contribution in [0.2, 0.25) is 0 Å². The average molecular weight is 1390 g/mol. The van der Waals surface area contributed by atoms with Gasteiger partial charge in [0.25, 0.3) is 0 Å². The highest BCUT2D eigenvalue weighted by atomic mass is 31.2. The number of phosphoric ester groups is 2. The van der Waals surface area contributed by atoms with Crippen LogP contribution in [-0.4, -0.2) is 96.7 Å². The van der Waals surface area contributed by atoms with Gasteiger partial charge < -0.3 is 33.8 Å². The van der Waals surface area contributed by atoms with Gasteiger partial charge in [-0.1, -0.05) is 233 Å². The first-order valence-electron chi connectivity index (χ1n) is 36.8. The lowest BCUT2D eigenvalue weighted by Gasteiger charge is -2.21. The first-order chi connectivity index (χ1) is 46.7. The lowest BCUT2D eigenvalue weighted by atomic mass is 10.1. The molecule has 5 atom stereocenters. The number of unbranched alkanes of at least 4 members (excludes halogenated alkanes) is 22. The standard InChI is InChI=1S/C77H130O17P2/c1-5-9-13-17-21-25-29-33-35-39-42-46-50-54-58-62-75(80)88-68-73(94-77(82)64-60-56-52-48-44-40-36-34-30-26-22-18-14-10-6-2)70-92-96(85,86)90-66-71(78)65-89-95(83,84)91-69-72(93-76(81)63-59-55-51-47-43-38-32-28-24-20-16-12-8-4)67-87-74(79)61-57-53-49-45-41-37-31-27-23-19-15-11-7-3/h9-10,13-15,19,21-22,25-28,31-36,42,46,71-73,78H,5-8,11-12,16-18,20,23-24,29-30,37-41,43-45,47-70H2,1-4H3,(H,83,84)(H,85,86)/b13-9-,14-10-,19-15-,25-21-,26-22-,31-27-,32-28-,35-33-,36-34-,46-42-. The molecule has 3 N–H and O–H groups in total. The van der Waals surface area contributed by atoms with Crippen LogP contribution in [0.1, 0.15) is 285 Å². The second-order valence-corrected chi connectivity index (χ2v) is 27.0. The summed E-state index contributed by atoms with van der Waals surface area (Å²) in [6, 6.07) is 0. The van der Waals surface area contributed by atoms with Crippen molar-refractivity contribution in [2.24, 2.45) is 0 Å². The number of carbonyl (C=O) groups excluding carboxylic acids is 4. The molecule has 0 bridgehead atoms. The highest BCUT2D eigenvalue weighted by Crippen LogP contribution is 2.45. The van der Waals surface area contributed by atoms with Gasteiger partial charge in [-0.05, 0) is 148 Å². The molecular formula is C77H130O17P2. The van der Waals surface area contributed by atoms with Crippen molar-refractivity contribution >= 4 is 39.5 Å². The van der Waals surface area contributed by atoms with Gasteiger partial charge in [-0.15, -0.1) is 0 Å². The maximum atomic E-state index is 13.1. The van der Waals surface area contributed by atoms with E-state index in [1.165, 1.54) is 25.7 Å². The monoisotopic (exact) mass is 1390 g/mol. The topological polar surface area (TPSA) is 237 Å². The number of hydrogen-bond acceptors (Lipinski definition) is 15.